The van der Waals surface area contributed by atoms with E-state index < -0.39 is 0 Å². The summed E-state index contributed by atoms with van der Waals surface area (Å²) in [6, 6.07) is 14.2. The summed E-state index contributed by atoms with van der Waals surface area (Å²) in [5.41, 5.74) is 8.05. The molecule has 0 radical (unpaired) electrons. The molecule has 0 bridgehead atoms. The predicted molar refractivity (Wildman–Crippen MR) is 107 cm³/mol. The first-order chi connectivity index (χ1) is 12.6. The van der Waals surface area contributed by atoms with Gasteiger partial charge in [0.2, 0.25) is 5.91 Å². The molecule has 2 aromatic carbocycles. The van der Waals surface area contributed by atoms with Gasteiger partial charge in [-0.2, -0.15) is 5.10 Å². The second kappa shape index (κ2) is 7.83. The average Bonchev–Trinajstić information content (AvgIpc) is 2.96. The van der Waals surface area contributed by atoms with Crippen molar-refractivity contribution in [3.05, 3.63) is 83.6 Å². The SMILES string of the molecule is C=CCn1cc(/C=N/NC(=O)Cc2ccc(C)cc2C)c2ccccc21. The van der Waals surface area contributed by atoms with Gasteiger partial charge in [-0.15, -0.1) is 6.58 Å². The maximum Gasteiger partial charge on any atom is 0.244 e. The van der Waals surface area contributed by atoms with Crippen molar-refractivity contribution in [3.8, 4) is 0 Å². The molecule has 1 aromatic heterocycles. The van der Waals surface area contributed by atoms with Crippen molar-refractivity contribution in [1.82, 2.24) is 9.99 Å². The van der Waals surface area contributed by atoms with Gasteiger partial charge in [-0.1, -0.05) is 48.0 Å². The lowest BCUT2D eigenvalue weighted by Crippen LogP contribution is -2.20. The summed E-state index contributed by atoms with van der Waals surface area (Å²) in [6.45, 7) is 8.59. The summed E-state index contributed by atoms with van der Waals surface area (Å²) < 4.78 is 2.11. The number of aromatic nitrogens is 1. The summed E-state index contributed by atoms with van der Waals surface area (Å²) in [6.07, 6.45) is 5.90. The zero-order chi connectivity index (χ0) is 18.5. The van der Waals surface area contributed by atoms with Gasteiger partial charge in [0.25, 0.3) is 0 Å². The van der Waals surface area contributed by atoms with Gasteiger partial charge >= 0.3 is 0 Å². The van der Waals surface area contributed by atoms with Crippen LogP contribution in [0, 0.1) is 13.8 Å². The highest BCUT2D eigenvalue weighted by molar-refractivity contribution is 5.99. The second-order valence-corrected chi connectivity index (χ2v) is 6.44. The van der Waals surface area contributed by atoms with E-state index >= 15 is 0 Å². The fourth-order valence-corrected chi connectivity index (χ4v) is 3.10. The molecule has 1 N–H and O–H groups in total. The van der Waals surface area contributed by atoms with Gasteiger partial charge < -0.3 is 4.57 Å². The number of allylic oxidation sites excluding steroid dienone is 1. The summed E-state index contributed by atoms with van der Waals surface area (Å²) >= 11 is 0. The lowest BCUT2D eigenvalue weighted by Gasteiger charge is -2.05. The Morgan fingerprint density at radius 3 is 2.81 bits per heavy atom. The molecule has 3 rings (SSSR count). The smallest absolute Gasteiger partial charge is 0.244 e. The molecule has 0 saturated heterocycles. The van der Waals surface area contributed by atoms with Crippen LogP contribution in [0.1, 0.15) is 22.3 Å². The maximum atomic E-state index is 12.2. The Balaban J connectivity index is 1.71. The molecule has 0 unspecified atom stereocenters. The molecule has 1 amide bonds. The van der Waals surface area contributed by atoms with Crippen molar-refractivity contribution in [2.24, 2.45) is 5.10 Å². The lowest BCUT2D eigenvalue weighted by atomic mass is 10.0. The quantitative estimate of drug-likeness (QED) is 0.407. The van der Waals surface area contributed by atoms with E-state index in [9.17, 15) is 4.79 Å². The predicted octanol–water partition coefficient (Wildman–Crippen LogP) is 4.14. The molecular weight excluding hydrogens is 322 g/mol. The van der Waals surface area contributed by atoms with Crippen LogP contribution in [0.5, 0.6) is 0 Å². The lowest BCUT2D eigenvalue weighted by molar-refractivity contribution is -0.120. The average molecular weight is 345 g/mol. The molecule has 132 valence electrons. The molecule has 0 atom stereocenters. The van der Waals surface area contributed by atoms with Gasteiger partial charge in [-0.3, -0.25) is 4.79 Å². The Kier molecular flexibility index (Phi) is 5.32. The molecule has 0 spiro atoms. The number of aryl methyl sites for hydroxylation is 2. The molecule has 0 aliphatic rings. The highest BCUT2D eigenvalue weighted by atomic mass is 16.2. The normalized spacial score (nSPS) is 11.2. The first kappa shape index (κ1) is 17.7. The first-order valence-corrected chi connectivity index (χ1v) is 8.65. The van der Waals surface area contributed by atoms with Crippen LogP contribution in [0.15, 0.2) is 66.4 Å². The van der Waals surface area contributed by atoms with Crippen molar-refractivity contribution < 1.29 is 4.79 Å². The highest BCUT2D eigenvalue weighted by Gasteiger charge is 2.07. The monoisotopic (exact) mass is 345 g/mol. The van der Waals surface area contributed by atoms with E-state index in [1.54, 1.807) is 6.21 Å². The van der Waals surface area contributed by atoms with Gasteiger partial charge in [0, 0.05) is 29.2 Å². The summed E-state index contributed by atoms with van der Waals surface area (Å²) in [7, 11) is 0. The number of carbonyl (C=O) groups excluding carboxylic acids is 1. The van der Waals surface area contributed by atoms with Crippen LogP contribution < -0.4 is 5.43 Å². The number of hydrogen-bond acceptors (Lipinski definition) is 2. The van der Waals surface area contributed by atoms with Crippen LogP contribution in [0.4, 0.5) is 0 Å². The van der Waals surface area contributed by atoms with Crippen LogP contribution in [-0.2, 0) is 17.8 Å². The van der Waals surface area contributed by atoms with E-state index in [1.165, 1.54) is 5.56 Å². The minimum absolute atomic E-state index is 0.122. The summed E-state index contributed by atoms with van der Waals surface area (Å²) in [5.74, 6) is -0.122. The number of amides is 1. The number of carbonyl (C=O) groups is 1. The Bertz CT molecular complexity index is 982. The third kappa shape index (κ3) is 3.91. The molecule has 0 fully saturated rings. The third-order valence-electron chi connectivity index (χ3n) is 4.39. The zero-order valence-electron chi connectivity index (χ0n) is 15.2. The van der Waals surface area contributed by atoms with E-state index in [0.717, 1.165) is 34.1 Å². The summed E-state index contributed by atoms with van der Waals surface area (Å²) in [5, 5.41) is 5.24. The number of nitrogens with one attached hydrogen (secondary N) is 1. The number of hydrogen-bond donors (Lipinski definition) is 1. The van der Waals surface area contributed by atoms with Crippen LogP contribution in [0.3, 0.4) is 0 Å². The number of benzene rings is 2. The van der Waals surface area contributed by atoms with Gasteiger partial charge in [-0.25, -0.2) is 5.43 Å². The Labute approximate surface area is 153 Å². The zero-order valence-corrected chi connectivity index (χ0v) is 15.2. The summed E-state index contributed by atoms with van der Waals surface area (Å²) in [4.78, 5) is 12.2. The molecule has 0 aliphatic carbocycles. The van der Waals surface area contributed by atoms with E-state index in [-0.39, 0.29) is 5.91 Å². The van der Waals surface area contributed by atoms with Crippen LogP contribution in [0.25, 0.3) is 10.9 Å². The Morgan fingerprint density at radius 1 is 1.23 bits per heavy atom. The number of hydrazone groups is 1. The van der Waals surface area contributed by atoms with E-state index in [1.807, 2.05) is 56.5 Å². The van der Waals surface area contributed by atoms with Crippen molar-refractivity contribution in [2.75, 3.05) is 0 Å². The fraction of sp³-hybridized carbons (Fsp3) is 0.182. The van der Waals surface area contributed by atoms with Crippen LogP contribution >= 0.6 is 0 Å². The largest absolute Gasteiger partial charge is 0.343 e. The number of fused-ring (bicyclic) bond motifs is 1. The van der Waals surface area contributed by atoms with Crippen LogP contribution in [-0.4, -0.2) is 16.7 Å². The molecule has 4 heteroatoms. The molecule has 0 aliphatic heterocycles. The molecule has 26 heavy (non-hydrogen) atoms. The van der Waals surface area contributed by atoms with Crippen LogP contribution in [0.2, 0.25) is 0 Å². The first-order valence-electron chi connectivity index (χ1n) is 8.65. The van der Waals surface area contributed by atoms with Crippen molar-refractivity contribution >= 4 is 23.0 Å². The van der Waals surface area contributed by atoms with Crippen molar-refractivity contribution in [1.29, 1.82) is 0 Å². The van der Waals surface area contributed by atoms with Gasteiger partial charge in [0.05, 0.1) is 12.6 Å². The molecule has 3 aromatic rings. The van der Waals surface area contributed by atoms with Gasteiger partial charge in [0.1, 0.15) is 0 Å². The number of rotatable bonds is 6. The van der Waals surface area contributed by atoms with E-state index in [2.05, 4.69) is 33.8 Å². The molecule has 4 nitrogen and oxygen atoms in total. The number of para-hydroxylation sites is 1. The Hall–Kier alpha value is -3.14. The van der Waals surface area contributed by atoms with Crippen molar-refractivity contribution in [2.45, 2.75) is 26.8 Å². The minimum atomic E-state index is -0.122. The molecule has 1 heterocycles. The maximum absolute atomic E-state index is 12.2. The third-order valence-corrected chi connectivity index (χ3v) is 4.39. The molecular formula is C22H23N3O. The molecule has 0 saturated carbocycles. The van der Waals surface area contributed by atoms with E-state index in [0.29, 0.717) is 6.42 Å². The highest BCUT2D eigenvalue weighted by Crippen LogP contribution is 2.20. The van der Waals surface area contributed by atoms with Crippen molar-refractivity contribution in [3.63, 3.8) is 0 Å². The minimum Gasteiger partial charge on any atom is -0.343 e. The fourth-order valence-electron chi connectivity index (χ4n) is 3.10. The topological polar surface area (TPSA) is 46.4 Å². The number of nitrogens with zero attached hydrogens (tertiary/aromatic N) is 2. The second-order valence-electron chi connectivity index (χ2n) is 6.44. The standard InChI is InChI=1S/C22H23N3O/c1-4-11-25-15-19(20-7-5-6-8-21(20)25)14-23-24-22(26)13-18-10-9-16(2)12-17(18)3/h4-10,12,14-15H,1,11,13H2,2-3H3,(H,24,26)/b23-14+. The van der Waals surface area contributed by atoms with Gasteiger partial charge in [0.15, 0.2) is 0 Å². The van der Waals surface area contributed by atoms with E-state index in [4.69, 9.17) is 0 Å². The van der Waals surface area contributed by atoms with Gasteiger partial charge in [-0.05, 0) is 31.0 Å². The Morgan fingerprint density at radius 2 is 2.04 bits per heavy atom.